The highest BCUT2D eigenvalue weighted by atomic mass is 127. The number of ether oxygens (including phenoxy) is 1. The highest BCUT2D eigenvalue weighted by molar-refractivity contribution is 14.1. The number of pyridine rings is 1. The second kappa shape index (κ2) is 7.90. The Hall–Kier alpha value is -2.36. The molecule has 1 aromatic heterocycles. The molecule has 1 heterocycles. The summed E-state index contributed by atoms with van der Waals surface area (Å²) in [5, 5.41) is 2.90. The van der Waals surface area contributed by atoms with Crippen LogP contribution in [0.3, 0.4) is 0 Å². The summed E-state index contributed by atoms with van der Waals surface area (Å²) in [7, 11) is 0. The number of primary amides is 1. The highest BCUT2D eigenvalue weighted by Crippen LogP contribution is 2.28. The highest BCUT2D eigenvalue weighted by Gasteiger charge is 2.25. The van der Waals surface area contributed by atoms with Crippen LogP contribution in [-0.2, 0) is 11.2 Å². The summed E-state index contributed by atoms with van der Waals surface area (Å²) in [5.74, 6) is -0.440. The number of amides is 2. The number of hydrogen-bond donors (Lipinski definition) is 3. The van der Waals surface area contributed by atoms with Crippen molar-refractivity contribution in [2.75, 3.05) is 6.61 Å². The second-order valence-corrected chi connectivity index (χ2v) is 7.31. The van der Waals surface area contributed by atoms with Crippen LogP contribution in [0.5, 0.6) is 5.75 Å². The topological polar surface area (TPSA) is 114 Å². The van der Waals surface area contributed by atoms with E-state index in [0.29, 0.717) is 18.6 Å². The molecule has 2 amide bonds. The lowest BCUT2D eigenvalue weighted by Crippen LogP contribution is -2.36. The molecule has 26 heavy (non-hydrogen) atoms. The van der Waals surface area contributed by atoms with Crippen LogP contribution in [0, 0.1) is 3.57 Å². The van der Waals surface area contributed by atoms with Crippen molar-refractivity contribution in [1.82, 2.24) is 10.3 Å². The fraction of sp³-hybridized carbons (Fsp3) is 0.278. The van der Waals surface area contributed by atoms with Gasteiger partial charge in [0.05, 0.1) is 6.04 Å². The Morgan fingerprint density at radius 3 is 2.73 bits per heavy atom. The molecule has 1 aliphatic rings. The number of hydrogen-bond acceptors (Lipinski definition) is 4. The first-order valence-corrected chi connectivity index (χ1v) is 9.25. The van der Waals surface area contributed by atoms with Gasteiger partial charge in [0, 0.05) is 9.26 Å². The lowest BCUT2D eigenvalue weighted by Gasteiger charge is -2.26. The van der Waals surface area contributed by atoms with Crippen molar-refractivity contribution < 1.29 is 14.3 Å². The van der Waals surface area contributed by atoms with Crippen molar-refractivity contribution in [2.45, 2.75) is 25.3 Å². The van der Waals surface area contributed by atoms with Crippen LogP contribution in [0.4, 0.5) is 0 Å². The monoisotopic (exact) mass is 467 g/mol. The third kappa shape index (κ3) is 4.24. The summed E-state index contributed by atoms with van der Waals surface area (Å²) in [6, 6.07) is 8.59. The van der Waals surface area contributed by atoms with Gasteiger partial charge in [0.1, 0.15) is 11.3 Å². The Bertz CT molecular complexity index is 892. The molecule has 4 N–H and O–H groups in total. The minimum atomic E-state index is -0.785. The first-order chi connectivity index (χ1) is 12.4. The van der Waals surface area contributed by atoms with Crippen molar-refractivity contribution in [1.29, 1.82) is 0 Å². The number of aromatic nitrogens is 1. The molecule has 0 saturated carbocycles. The Balaban J connectivity index is 1.70. The summed E-state index contributed by atoms with van der Waals surface area (Å²) in [4.78, 5) is 38.2. The van der Waals surface area contributed by atoms with E-state index in [9.17, 15) is 14.4 Å². The lowest BCUT2D eigenvalue weighted by molar-refractivity contribution is -0.124. The SMILES string of the molecule is NC(=O)c1cc2c([nH]c1=O)CCCC2NC(=O)COc1ccc(I)cc1. The number of halogens is 1. The van der Waals surface area contributed by atoms with Gasteiger partial charge in [-0.25, -0.2) is 0 Å². The van der Waals surface area contributed by atoms with Gasteiger partial charge in [0.15, 0.2) is 6.61 Å². The molecule has 2 aromatic rings. The molecule has 1 aromatic carbocycles. The van der Waals surface area contributed by atoms with Gasteiger partial charge in [0.25, 0.3) is 17.4 Å². The third-order valence-electron chi connectivity index (χ3n) is 4.24. The Morgan fingerprint density at radius 1 is 1.31 bits per heavy atom. The molecule has 0 spiro atoms. The van der Waals surface area contributed by atoms with Gasteiger partial charge < -0.3 is 20.8 Å². The Kier molecular flexibility index (Phi) is 5.60. The quantitative estimate of drug-likeness (QED) is 0.581. The van der Waals surface area contributed by atoms with E-state index in [0.717, 1.165) is 21.2 Å². The number of H-pyrrole nitrogens is 1. The average molecular weight is 467 g/mol. The van der Waals surface area contributed by atoms with Crippen molar-refractivity contribution >= 4 is 34.4 Å². The summed E-state index contributed by atoms with van der Waals surface area (Å²) >= 11 is 2.19. The molecule has 3 rings (SSSR count). The first kappa shape index (κ1) is 18.4. The molecule has 1 unspecified atom stereocenters. The molecular weight excluding hydrogens is 449 g/mol. The molecule has 7 nitrogen and oxygen atoms in total. The normalized spacial score (nSPS) is 15.8. The van der Waals surface area contributed by atoms with Gasteiger partial charge in [-0.15, -0.1) is 0 Å². The van der Waals surface area contributed by atoms with Crippen molar-refractivity contribution in [2.24, 2.45) is 5.73 Å². The van der Waals surface area contributed by atoms with Gasteiger partial charge in [-0.1, -0.05) is 0 Å². The molecular formula is C18H18IN3O4. The van der Waals surface area contributed by atoms with E-state index in [1.54, 1.807) is 12.1 Å². The lowest BCUT2D eigenvalue weighted by atomic mass is 9.90. The van der Waals surface area contributed by atoms with Crippen LogP contribution >= 0.6 is 22.6 Å². The molecule has 1 atom stereocenters. The number of benzene rings is 1. The van der Waals surface area contributed by atoms with Gasteiger partial charge in [-0.2, -0.15) is 0 Å². The largest absolute Gasteiger partial charge is 0.484 e. The maximum absolute atomic E-state index is 12.2. The van der Waals surface area contributed by atoms with E-state index >= 15 is 0 Å². The fourth-order valence-corrected chi connectivity index (χ4v) is 3.35. The minimum Gasteiger partial charge on any atom is -0.484 e. The average Bonchev–Trinajstić information content (AvgIpc) is 2.60. The predicted octanol–water partition coefficient (Wildman–Crippen LogP) is 1.65. The maximum atomic E-state index is 12.2. The van der Waals surface area contributed by atoms with E-state index in [2.05, 4.69) is 32.9 Å². The number of carbonyl (C=O) groups excluding carboxylic acids is 2. The number of aromatic amines is 1. The second-order valence-electron chi connectivity index (χ2n) is 6.07. The summed E-state index contributed by atoms with van der Waals surface area (Å²) < 4.78 is 6.57. The Labute approximate surface area is 163 Å². The molecule has 0 saturated heterocycles. The summed E-state index contributed by atoms with van der Waals surface area (Å²) in [6.45, 7) is -0.113. The van der Waals surface area contributed by atoms with Crippen molar-refractivity contribution in [3.63, 3.8) is 0 Å². The molecule has 0 aliphatic heterocycles. The minimum absolute atomic E-state index is 0.0972. The van der Waals surface area contributed by atoms with Gasteiger partial charge in [-0.3, -0.25) is 14.4 Å². The number of nitrogens with two attached hydrogens (primary N) is 1. The smallest absolute Gasteiger partial charge is 0.261 e. The zero-order chi connectivity index (χ0) is 18.7. The zero-order valence-corrected chi connectivity index (χ0v) is 16.0. The standard InChI is InChI=1S/C18H18IN3O4/c19-10-4-6-11(7-5-10)26-9-16(23)21-14-2-1-3-15-12(14)8-13(17(20)24)18(25)22-15/h4-8,14H,1-3,9H2,(H2,20,24)(H,21,23)(H,22,25). The summed E-state index contributed by atoms with van der Waals surface area (Å²) in [5.41, 5.74) is 6.12. The van der Waals surface area contributed by atoms with E-state index in [1.165, 1.54) is 6.07 Å². The van der Waals surface area contributed by atoms with Crippen LogP contribution in [0.25, 0.3) is 0 Å². The number of rotatable bonds is 5. The molecule has 0 fully saturated rings. The molecule has 8 heteroatoms. The van der Waals surface area contributed by atoms with Crippen LogP contribution in [0.2, 0.25) is 0 Å². The van der Waals surface area contributed by atoms with E-state index in [1.807, 2.05) is 12.1 Å². The predicted molar refractivity (Wildman–Crippen MR) is 104 cm³/mol. The first-order valence-electron chi connectivity index (χ1n) is 8.17. The number of nitrogens with one attached hydrogen (secondary N) is 2. The van der Waals surface area contributed by atoms with Gasteiger partial charge in [0.2, 0.25) is 0 Å². The number of carbonyl (C=O) groups is 2. The van der Waals surface area contributed by atoms with Crippen LogP contribution in [0.1, 0.15) is 40.5 Å². The maximum Gasteiger partial charge on any atom is 0.261 e. The van der Waals surface area contributed by atoms with Crippen molar-refractivity contribution in [3.05, 3.63) is 61.1 Å². The van der Waals surface area contributed by atoms with Crippen LogP contribution < -0.4 is 21.3 Å². The van der Waals surface area contributed by atoms with Gasteiger partial charge in [-0.05, 0) is 77.7 Å². The van der Waals surface area contributed by atoms with Crippen LogP contribution in [0.15, 0.2) is 35.1 Å². The van der Waals surface area contributed by atoms with E-state index in [-0.39, 0.29) is 24.1 Å². The molecule has 0 radical (unpaired) electrons. The molecule has 1 aliphatic carbocycles. The zero-order valence-electron chi connectivity index (χ0n) is 13.9. The summed E-state index contributed by atoms with van der Waals surface area (Å²) in [6.07, 6.45) is 2.23. The van der Waals surface area contributed by atoms with Gasteiger partial charge >= 0.3 is 0 Å². The number of fused-ring (bicyclic) bond motifs is 1. The molecule has 0 bridgehead atoms. The third-order valence-corrected chi connectivity index (χ3v) is 4.96. The fourth-order valence-electron chi connectivity index (χ4n) is 2.99. The Morgan fingerprint density at radius 2 is 2.04 bits per heavy atom. The van der Waals surface area contributed by atoms with E-state index in [4.69, 9.17) is 10.5 Å². The van der Waals surface area contributed by atoms with Crippen molar-refractivity contribution in [3.8, 4) is 5.75 Å². The molecule has 136 valence electrons. The van der Waals surface area contributed by atoms with E-state index < -0.39 is 11.5 Å². The van der Waals surface area contributed by atoms with Crippen LogP contribution in [-0.4, -0.2) is 23.4 Å². The number of aryl methyl sites for hydroxylation is 1.